The van der Waals surface area contributed by atoms with Crippen molar-refractivity contribution in [3.8, 4) is 5.75 Å². The number of aromatic hydroxyl groups is 1. The van der Waals surface area contributed by atoms with E-state index in [1.807, 2.05) is 6.92 Å². The van der Waals surface area contributed by atoms with E-state index in [0.717, 1.165) is 11.1 Å². The molecule has 4 nitrogen and oxygen atoms in total. The maximum absolute atomic E-state index is 11.3. The van der Waals surface area contributed by atoms with Crippen LogP contribution in [0.15, 0.2) is 18.2 Å². The second-order valence-corrected chi connectivity index (χ2v) is 3.67. The fourth-order valence-electron chi connectivity index (χ4n) is 1.48. The Morgan fingerprint density at radius 2 is 2.25 bits per heavy atom. The number of hydrogen-bond donors (Lipinski definition) is 2. The summed E-state index contributed by atoms with van der Waals surface area (Å²) in [6.45, 7) is 3.95. The van der Waals surface area contributed by atoms with Gasteiger partial charge in [0.15, 0.2) is 0 Å². The number of ether oxygens (including phenoxy) is 1. The maximum atomic E-state index is 11.3. The van der Waals surface area contributed by atoms with Gasteiger partial charge in [-0.3, -0.25) is 4.79 Å². The number of esters is 1. The predicted molar refractivity (Wildman–Crippen MR) is 61.2 cm³/mol. The zero-order chi connectivity index (χ0) is 12.1. The first-order valence-electron chi connectivity index (χ1n) is 5.25. The van der Waals surface area contributed by atoms with E-state index in [9.17, 15) is 9.90 Å². The molecule has 1 aromatic carbocycles. The summed E-state index contributed by atoms with van der Waals surface area (Å²) in [5.74, 6) is -0.180. The molecule has 1 aromatic rings. The lowest BCUT2D eigenvalue weighted by atomic mass is 10.0. The van der Waals surface area contributed by atoms with Gasteiger partial charge in [-0.1, -0.05) is 6.07 Å². The number of benzene rings is 1. The molecule has 0 amide bonds. The van der Waals surface area contributed by atoms with E-state index in [1.165, 1.54) is 0 Å². The zero-order valence-electron chi connectivity index (χ0n) is 9.56. The molecule has 0 radical (unpaired) electrons. The van der Waals surface area contributed by atoms with Crippen molar-refractivity contribution in [3.05, 3.63) is 29.3 Å². The molecule has 0 aliphatic rings. The lowest BCUT2D eigenvalue weighted by Crippen LogP contribution is -2.34. The normalized spacial score (nSPS) is 12.2. The van der Waals surface area contributed by atoms with Crippen LogP contribution in [0.5, 0.6) is 5.75 Å². The monoisotopic (exact) mass is 223 g/mol. The first-order chi connectivity index (χ1) is 7.54. The molecule has 4 heteroatoms. The van der Waals surface area contributed by atoms with Gasteiger partial charge in [0, 0.05) is 0 Å². The van der Waals surface area contributed by atoms with Gasteiger partial charge in [0.25, 0.3) is 0 Å². The third kappa shape index (κ3) is 3.24. The van der Waals surface area contributed by atoms with Crippen LogP contribution in [0.3, 0.4) is 0 Å². The average Bonchev–Trinajstić information content (AvgIpc) is 2.22. The number of carbonyl (C=O) groups is 1. The highest BCUT2D eigenvalue weighted by Crippen LogP contribution is 2.16. The summed E-state index contributed by atoms with van der Waals surface area (Å²) in [6, 6.07) is 4.35. The topological polar surface area (TPSA) is 72.5 Å². The summed E-state index contributed by atoms with van der Waals surface area (Å²) in [7, 11) is 0. The molecule has 0 aliphatic heterocycles. The molecule has 1 rings (SSSR count). The first-order valence-corrected chi connectivity index (χ1v) is 5.25. The van der Waals surface area contributed by atoms with Crippen molar-refractivity contribution in [2.75, 3.05) is 6.61 Å². The van der Waals surface area contributed by atoms with E-state index in [2.05, 4.69) is 0 Å². The molecule has 0 aromatic heterocycles. The number of phenolic OH excluding ortho intramolecular Hbond substituents is 1. The molecular formula is C12H17NO3. The van der Waals surface area contributed by atoms with Crippen LogP contribution in [0.2, 0.25) is 0 Å². The van der Waals surface area contributed by atoms with Crippen LogP contribution in [-0.4, -0.2) is 23.7 Å². The highest BCUT2D eigenvalue weighted by molar-refractivity contribution is 5.75. The fraction of sp³-hybridized carbons (Fsp3) is 0.417. The molecule has 0 fully saturated rings. The number of carbonyl (C=O) groups excluding carboxylic acids is 1. The molecule has 0 bridgehead atoms. The van der Waals surface area contributed by atoms with Crippen molar-refractivity contribution in [3.63, 3.8) is 0 Å². The third-order valence-corrected chi connectivity index (χ3v) is 2.36. The van der Waals surface area contributed by atoms with Gasteiger partial charge in [0.2, 0.25) is 0 Å². The van der Waals surface area contributed by atoms with E-state index in [0.29, 0.717) is 13.0 Å². The van der Waals surface area contributed by atoms with Crippen molar-refractivity contribution in [1.82, 2.24) is 0 Å². The summed E-state index contributed by atoms with van der Waals surface area (Å²) in [5.41, 5.74) is 7.56. The third-order valence-electron chi connectivity index (χ3n) is 2.36. The average molecular weight is 223 g/mol. The van der Waals surface area contributed by atoms with E-state index >= 15 is 0 Å². The zero-order valence-corrected chi connectivity index (χ0v) is 9.56. The Morgan fingerprint density at radius 3 is 2.81 bits per heavy atom. The lowest BCUT2D eigenvalue weighted by molar-refractivity contribution is -0.144. The van der Waals surface area contributed by atoms with Gasteiger partial charge in [-0.15, -0.1) is 0 Å². The Kier molecular flexibility index (Phi) is 4.31. The smallest absolute Gasteiger partial charge is 0.323 e. The van der Waals surface area contributed by atoms with Gasteiger partial charge in [-0.05, 0) is 43.5 Å². The Hall–Kier alpha value is -1.55. The Balaban J connectivity index is 2.69. The Bertz CT molecular complexity index is 377. The van der Waals surface area contributed by atoms with E-state index in [4.69, 9.17) is 10.5 Å². The van der Waals surface area contributed by atoms with Gasteiger partial charge >= 0.3 is 5.97 Å². The standard InChI is InChI=1S/C12H17NO3/c1-3-16-12(15)11(13)7-9-4-5-10(14)6-8(9)2/h4-6,11,14H,3,7,13H2,1-2H3. The number of aryl methyl sites for hydroxylation is 1. The molecule has 0 saturated heterocycles. The molecule has 0 aliphatic carbocycles. The molecule has 3 N–H and O–H groups in total. The summed E-state index contributed by atoms with van der Waals surface area (Å²) >= 11 is 0. The molecule has 16 heavy (non-hydrogen) atoms. The maximum Gasteiger partial charge on any atom is 0.323 e. The number of phenols is 1. The van der Waals surface area contributed by atoms with E-state index in [1.54, 1.807) is 25.1 Å². The lowest BCUT2D eigenvalue weighted by Gasteiger charge is -2.12. The van der Waals surface area contributed by atoms with Crippen LogP contribution in [0.25, 0.3) is 0 Å². The molecule has 1 atom stereocenters. The second kappa shape index (κ2) is 5.51. The predicted octanol–water partition coefficient (Wildman–Crippen LogP) is 1.13. The number of rotatable bonds is 4. The minimum atomic E-state index is -0.650. The Labute approximate surface area is 95.0 Å². The quantitative estimate of drug-likeness (QED) is 0.751. The molecule has 0 spiro atoms. The van der Waals surface area contributed by atoms with Gasteiger partial charge in [0.05, 0.1) is 6.61 Å². The van der Waals surface area contributed by atoms with Crippen molar-refractivity contribution in [2.24, 2.45) is 5.73 Å². The molecule has 0 saturated carbocycles. The number of nitrogens with two attached hydrogens (primary N) is 1. The molecule has 0 heterocycles. The summed E-state index contributed by atoms with van der Waals surface area (Å²) in [5, 5.41) is 9.24. The minimum Gasteiger partial charge on any atom is -0.508 e. The summed E-state index contributed by atoms with van der Waals surface area (Å²) in [6.07, 6.45) is 0.422. The SMILES string of the molecule is CCOC(=O)C(N)Cc1ccc(O)cc1C. The van der Waals surface area contributed by atoms with Crippen molar-refractivity contribution >= 4 is 5.97 Å². The van der Waals surface area contributed by atoms with Crippen molar-refractivity contribution in [2.45, 2.75) is 26.3 Å². The molecule has 88 valence electrons. The fourth-order valence-corrected chi connectivity index (χ4v) is 1.48. The Morgan fingerprint density at radius 1 is 1.56 bits per heavy atom. The number of hydrogen-bond acceptors (Lipinski definition) is 4. The van der Waals surface area contributed by atoms with Crippen molar-refractivity contribution in [1.29, 1.82) is 0 Å². The van der Waals surface area contributed by atoms with Crippen LogP contribution in [0, 0.1) is 6.92 Å². The van der Waals surface area contributed by atoms with E-state index < -0.39 is 12.0 Å². The van der Waals surface area contributed by atoms with E-state index in [-0.39, 0.29) is 5.75 Å². The van der Waals surface area contributed by atoms with Gasteiger partial charge < -0.3 is 15.6 Å². The summed E-state index contributed by atoms with van der Waals surface area (Å²) < 4.78 is 4.83. The van der Waals surface area contributed by atoms with Crippen LogP contribution in [-0.2, 0) is 16.0 Å². The summed E-state index contributed by atoms with van der Waals surface area (Å²) in [4.78, 5) is 11.3. The highest BCUT2D eigenvalue weighted by atomic mass is 16.5. The minimum absolute atomic E-state index is 0.214. The first kappa shape index (κ1) is 12.5. The van der Waals surface area contributed by atoms with Crippen LogP contribution in [0.4, 0.5) is 0 Å². The molecular weight excluding hydrogens is 206 g/mol. The van der Waals surface area contributed by atoms with Crippen LogP contribution < -0.4 is 5.73 Å². The van der Waals surface area contributed by atoms with Gasteiger partial charge in [0.1, 0.15) is 11.8 Å². The van der Waals surface area contributed by atoms with Gasteiger partial charge in [-0.2, -0.15) is 0 Å². The van der Waals surface area contributed by atoms with Crippen LogP contribution >= 0.6 is 0 Å². The second-order valence-electron chi connectivity index (χ2n) is 3.67. The highest BCUT2D eigenvalue weighted by Gasteiger charge is 2.15. The van der Waals surface area contributed by atoms with Gasteiger partial charge in [-0.25, -0.2) is 0 Å². The van der Waals surface area contributed by atoms with Crippen molar-refractivity contribution < 1.29 is 14.6 Å². The molecule has 1 unspecified atom stereocenters. The largest absolute Gasteiger partial charge is 0.508 e. The van der Waals surface area contributed by atoms with Crippen LogP contribution in [0.1, 0.15) is 18.1 Å².